The average molecular weight is 310 g/mol. The summed E-state index contributed by atoms with van der Waals surface area (Å²) in [7, 11) is 0. The van der Waals surface area contributed by atoms with Gasteiger partial charge in [0.1, 0.15) is 5.75 Å². The number of carbonyl (C=O) groups is 1. The molecule has 118 valence electrons. The van der Waals surface area contributed by atoms with E-state index in [9.17, 15) is 26.7 Å². The number of Topliss-reactive ketones (excluding diaryl/α,β-unsaturated/α-hetero) is 1. The first-order valence-corrected chi connectivity index (χ1v) is 6.19. The highest BCUT2D eigenvalue weighted by atomic mass is 19.4. The first kappa shape index (κ1) is 17.4. The van der Waals surface area contributed by atoms with Gasteiger partial charge in [0.2, 0.25) is 5.78 Å². The molecule has 0 amide bonds. The zero-order valence-electron chi connectivity index (χ0n) is 11.7. The Morgan fingerprint density at radius 3 is 2.19 bits per heavy atom. The highest BCUT2D eigenvalue weighted by Crippen LogP contribution is 2.38. The molecule has 0 spiro atoms. The largest absolute Gasteiger partial charge is 0.493 e. The Bertz CT molecular complexity index is 521. The first-order valence-electron chi connectivity index (χ1n) is 6.19. The molecule has 21 heavy (non-hydrogen) atoms. The van der Waals surface area contributed by atoms with Gasteiger partial charge in [0, 0.05) is 5.56 Å². The number of halogens is 5. The van der Waals surface area contributed by atoms with E-state index >= 15 is 0 Å². The number of ketones is 1. The van der Waals surface area contributed by atoms with Crippen LogP contribution >= 0.6 is 0 Å². The number of ether oxygens (including phenoxy) is 1. The van der Waals surface area contributed by atoms with Crippen LogP contribution in [0.2, 0.25) is 0 Å². The highest BCUT2D eigenvalue weighted by molar-refractivity contribution is 6.02. The summed E-state index contributed by atoms with van der Waals surface area (Å²) in [6.07, 6.45) is -5.92. The van der Waals surface area contributed by atoms with Crippen LogP contribution in [0, 0.1) is 12.8 Å². The van der Waals surface area contributed by atoms with Crippen molar-refractivity contribution in [3.63, 3.8) is 0 Å². The van der Waals surface area contributed by atoms with Crippen molar-refractivity contribution >= 4 is 5.78 Å². The van der Waals surface area contributed by atoms with Gasteiger partial charge in [-0.25, -0.2) is 0 Å². The molecule has 0 radical (unpaired) electrons. The van der Waals surface area contributed by atoms with Crippen molar-refractivity contribution < 1.29 is 31.5 Å². The Morgan fingerprint density at radius 2 is 1.71 bits per heavy atom. The summed E-state index contributed by atoms with van der Waals surface area (Å²) in [5.74, 6) is -7.48. The van der Waals surface area contributed by atoms with Gasteiger partial charge in [0.25, 0.3) is 0 Å². The molecule has 0 atom stereocenters. The average Bonchev–Trinajstić information content (AvgIpc) is 2.33. The van der Waals surface area contributed by atoms with E-state index in [-0.39, 0.29) is 18.3 Å². The Morgan fingerprint density at radius 1 is 1.14 bits per heavy atom. The second kappa shape index (κ2) is 5.99. The Hall–Kier alpha value is -1.66. The summed E-state index contributed by atoms with van der Waals surface area (Å²) in [5.41, 5.74) is -0.367. The summed E-state index contributed by atoms with van der Waals surface area (Å²) >= 11 is 0. The Labute approximate surface area is 118 Å². The van der Waals surface area contributed by atoms with E-state index in [4.69, 9.17) is 4.74 Å². The SMILES string of the molecule is Cc1cc(OCC(C)C)cc(C(=O)C(F)(F)C(F)(F)F)c1. The van der Waals surface area contributed by atoms with Crippen LogP contribution in [-0.2, 0) is 0 Å². The highest BCUT2D eigenvalue weighted by Gasteiger charge is 2.63. The maximum Gasteiger partial charge on any atom is 0.461 e. The van der Waals surface area contributed by atoms with Crippen LogP contribution in [-0.4, -0.2) is 24.5 Å². The predicted molar refractivity (Wildman–Crippen MR) is 66.8 cm³/mol. The molecule has 7 heteroatoms. The molecule has 1 aromatic rings. The Balaban J connectivity index is 3.11. The number of benzene rings is 1. The molecule has 0 N–H and O–H groups in total. The molecule has 0 saturated carbocycles. The molecule has 2 nitrogen and oxygen atoms in total. The van der Waals surface area contributed by atoms with Crippen molar-refractivity contribution in [2.75, 3.05) is 6.61 Å². The van der Waals surface area contributed by atoms with E-state index in [1.807, 2.05) is 13.8 Å². The molecule has 1 rings (SSSR count). The van der Waals surface area contributed by atoms with Gasteiger partial charge in [-0.1, -0.05) is 13.8 Å². The monoisotopic (exact) mass is 310 g/mol. The molecule has 0 aliphatic carbocycles. The van der Waals surface area contributed by atoms with Gasteiger partial charge < -0.3 is 4.74 Å². The van der Waals surface area contributed by atoms with Crippen molar-refractivity contribution in [3.05, 3.63) is 29.3 Å². The topological polar surface area (TPSA) is 26.3 Å². The quantitative estimate of drug-likeness (QED) is 0.595. The minimum absolute atomic E-state index is 0.0880. The normalized spacial score (nSPS) is 12.6. The standard InChI is InChI=1S/C14H15F5O2/c1-8(2)7-21-11-5-9(3)4-10(6-11)12(20)13(15,16)14(17,18)19/h4-6,8H,7H2,1-3H3. The lowest BCUT2D eigenvalue weighted by Gasteiger charge is -2.19. The predicted octanol–water partition coefficient (Wildman–Crippen LogP) is 4.41. The number of aryl methyl sites for hydroxylation is 1. The molecular formula is C14H15F5O2. The smallest absolute Gasteiger partial charge is 0.461 e. The van der Waals surface area contributed by atoms with Gasteiger partial charge in [-0.2, -0.15) is 22.0 Å². The van der Waals surface area contributed by atoms with Crippen LogP contribution in [0.5, 0.6) is 5.75 Å². The fourth-order valence-electron chi connectivity index (χ4n) is 1.54. The minimum Gasteiger partial charge on any atom is -0.493 e. The number of carbonyl (C=O) groups excluding carboxylic acids is 1. The lowest BCUT2D eigenvalue weighted by atomic mass is 10.0. The van der Waals surface area contributed by atoms with E-state index in [0.717, 1.165) is 12.1 Å². The lowest BCUT2D eigenvalue weighted by molar-refractivity contribution is -0.255. The second-order valence-corrected chi connectivity index (χ2v) is 5.14. The molecule has 0 aromatic heterocycles. The van der Waals surface area contributed by atoms with Gasteiger partial charge >= 0.3 is 12.1 Å². The van der Waals surface area contributed by atoms with Crippen molar-refractivity contribution in [2.45, 2.75) is 32.9 Å². The molecule has 0 saturated heterocycles. The summed E-state index contributed by atoms with van der Waals surface area (Å²) in [4.78, 5) is 11.4. The summed E-state index contributed by atoms with van der Waals surface area (Å²) in [6.45, 7) is 5.43. The van der Waals surface area contributed by atoms with E-state index in [1.165, 1.54) is 13.0 Å². The van der Waals surface area contributed by atoms with Gasteiger partial charge in [0.05, 0.1) is 6.61 Å². The molecule has 0 heterocycles. The van der Waals surface area contributed by atoms with Crippen LogP contribution in [0.1, 0.15) is 29.8 Å². The third-order valence-electron chi connectivity index (χ3n) is 2.54. The number of alkyl halides is 5. The summed E-state index contributed by atoms with van der Waals surface area (Å²) in [5, 5.41) is 0. The van der Waals surface area contributed by atoms with Crippen LogP contribution in [0.3, 0.4) is 0 Å². The maximum absolute atomic E-state index is 13.1. The van der Waals surface area contributed by atoms with Gasteiger partial charge in [-0.3, -0.25) is 4.79 Å². The summed E-state index contributed by atoms with van der Waals surface area (Å²) < 4.78 is 68.1. The van der Waals surface area contributed by atoms with Crippen LogP contribution in [0.4, 0.5) is 22.0 Å². The first-order chi connectivity index (χ1) is 9.45. The van der Waals surface area contributed by atoms with Gasteiger partial charge in [-0.15, -0.1) is 0 Å². The molecule has 0 aliphatic heterocycles. The van der Waals surface area contributed by atoms with Crippen LogP contribution in [0.15, 0.2) is 18.2 Å². The zero-order valence-corrected chi connectivity index (χ0v) is 11.7. The minimum atomic E-state index is -5.92. The molecule has 0 aliphatic rings. The maximum atomic E-state index is 13.1. The fourth-order valence-corrected chi connectivity index (χ4v) is 1.54. The number of rotatable bonds is 5. The van der Waals surface area contributed by atoms with E-state index in [2.05, 4.69) is 0 Å². The Kier molecular flexibility index (Phi) is 4.96. The number of hydrogen-bond acceptors (Lipinski definition) is 2. The van der Waals surface area contributed by atoms with E-state index in [1.54, 1.807) is 0 Å². The van der Waals surface area contributed by atoms with Crippen molar-refractivity contribution in [2.24, 2.45) is 5.92 Å². The number of hydrogen-bond donors (Lipinski definition) is 0. The van der Waals surface area contributed by atoms with Crippen LogP contribution in [0.25, 0.3) is 0 Å². The van der Waals surface area contributed by atoms with Crippen molar-refractivity contribution in [1.82, 2.24) is 0 Å². The van der Waals surface area contributed by atoms with Crippen molar-refractivity contribution in [1.29, 1.82) is 0 Å². The molecule has 1 aromatic carbocycles. The van der Waals surface area contributed by atoms with Gasteiger partial charge in [0.15, 0.2) is 0 Å². The molecular weight excluding hydrogens is 295 g/mol. The fraction of sp³-hybridized carbons (Fsp3) is 0.500. The second-order valence-electron chi connectivity index (χ2n) is 5.14. The van der Waals surface area contributed by atoms with Gasteiger partial charge in [-0.05, 0) is 36.6 Å². The summed E-state index contributed by atoms with van der Waals surface area (Å²) in [6, 6.07) is 3.34. The molecule has 0 unspecified atom stereocenters. The lowest BCUT2D eigenvalue weighted by Crippen LogP contribution is -2.44. The third kappa shape index (κ3) is 4.15. The zero-order chi connectivity index (χ0) is 16.4. The molecule has 0 fully saturated rings. The molecule has 0 bridgehead atoms. The van der Waals surface area contributed by atoms with Crippen molar-refractivity contribution in [3.8, 4) is 5.75 Å². The third-order valence-corrected chi connectivity index (χ3v) is 2.54. The van der Waals surface area contributed by atoms with Crippen LogP contribution < -0.4 is 4.74 Å². The van der Waals surface area contributed by atoms with E-state index < -0.39 is 23.4 Å². The van der Waals surface area contributed by atoms with E-state index in [0.29, 0.717) is 5.56 Å².